The van der Waals surface area contributed by atoms with Crippen LogP contribution in [-0.4, -0.2) is 24.2 Å². The average Bonchev–Trinajstić information content (AvgIpc) is 2.54. The SMILES string of the molecule is O=C(Nc1cccc(CO)c1)c1cccc2c1OCCO2. The molecule has 0 fully saturated rings. The lowest BCUT2D eigenvalue weighted by molar-refractivity contribution is 0.101. The van der Waals surface area contributed by atoms with Crippen LogP contribution in [0.25, 0.3) is 0 Å². The first-order chi connectivity index (χ1) is 10.3. The van der Waals surface area contributed by atoms with Gasteiger partial charge in [-0.25, -0.2) is 0 Å². The van der Waals surface area contributed by atoms with Gasteiger partial charge in [0.15, 0.2) is 11.5 Å². The van der Waals surface area contributed by atoms with Crippen LogP contribution in [0.15, 0.2) is 42.5 Å². The highest BCUT2D eigenvalue weighted by molar-refractivity contribution is 6.06. The van der Waals surface area contributed by atoms with Crippen LogP contribution in [0.3, 0.4) is 0 Å². The normalized spacial score (nSPS) is 12.8. The number of fused-ring (bicyclic) bond motifs is 1. The molecular weight excluding hydrogens is 270 g/mol. The summed E-state index contributed by atoms with van der Waals surface area (Å²) in [5.41, 5.74) is 1.80. The summed E-state index contributed by atoms with van der Waals surface area (Å²) >= 11 is 0. The van der Waals surface area contributed by atoms with E-state index in [1.54, 1.807) is 42.5 Å². The molecule has 1 aliphatic rings. The molecule has 0 unspecified atom stereocenters. The van der Waals surface area contributed by atoms with E-state index in [-0.39, 0.29) is 12.5 Å². The summed E-state index contributed by atoms with van der Waals surface area (Å²) in [6, 6.07) is 12.3. The molecule has 0 saturated heterocycles. The van der Waals surface area contributed by atoms with Gasteiger partial charge in [0.05, 0.1) is 12.2 Å². The molecule has 0 aliphatic carbocycles. The maximum absolute atomic E-state index is 12.4. The lowest BCUT2D eigenvalue weighted by Gasteiger charge is -2.20. The van der Waals surface area contributed by atoms with E-state index < -0.39 is 0 Å². The largest absolute Gasteiger partial charge is 0.486 e. The van der Waals surface area contributed by atoms with Crippen molar-refractivity contribution < 1.29 is 19.4 Å². The molecule has 21 heavy (non-hydrogen) atoms. The summed E-state index contributed by atoms with van der Waals surface area (Å²) in [4.78, 5) is 12.4. The van der Waals surface area contributed by atoms with Crippen LogP contribution in [-0.2, 0) is 6.61 Å². The lowest BCUT2D eigenvalue weighted by Crippen LogP contribution is -2.20. The highest BCUT2D eigenvalue weighted by Crippen LogP contribution is 2.33. The van der Waals surface area contributed by atoms with Gasteiger partial charge in [-0.05, 0) is 29.8 Å². The number of anilines is 1. The standard InChI is InChI=1S/C16H15NO4/c18-10-11-3-1-4-12(9-11)17-16(19)13-5-2-6-14-15(13)21-8-7-20-14/h1-6,9,18H,7-8,10H2,(H,17,19). The number of hydrogen-bond donors (Lipinski definition) is 2. The fourth-order valence-corrected chi connectivity index (χ4v) is 2.20. The minimum atomic E-state index is -0.271. The first-order valence-electron chi connectivity index (χ1n) is 6.67. The second-order valence-electron chi connectivity index (χ2n) is 4.64. The summed E-state index contributed by atoms with van der Waals surface area (Å²) in [7, 11) is 0. The Morgan fingerprint density at radius 1 is 1.14 bits per heavy atom. The number of rotatable bonds is 3. The van der Waals surface area contributed by atoms with Gasteiger partial charge in [0, 0.05) is 5.69 Å². The number of amides is 1. The van der Waals surface area contributed by atoms with Crippen molar-refractivity contribution in [2.75, 3.05) is 18.5 Å². The van der Waals surface area contributed by atoms with Gasteiger partial charge < -0.3 is 19.9 Å². The number of carbonyl (C=O) groups is 1. The minimum absolute atomic E-state index is 0.0681. The van der Waals surface area contributed by atoms with E-state index in [1.807, 2.05) is 0 Å². The fourth-order valence-electron chi connectivity index (χ4n) is 2.20. The molecule has 0 aromatic heterocycles. The molecule has 5 heteroatoms. The summed E-state index contributed by atoms with van der Waals surface area (Å²) in [6.45, 7) is 0.843. The van der Waals surface area contributed by atoms with E-state index in [0.717, 1.165) is 5.56 Å². The van der Waals surface area contributed by atoms with Crippen LogP contribution in [0.4, 0.5) is 5.69 Å². The number of benzene rings is 2. The second kappa shape index (κ2) is 5.85. The Balaban J connectivity index is 1.85. The monoisotopic (exact) mass is 285 g/mol. The van der Waals surface area contributed by atoms with Gasteiger partial charge >= 0.3 is 0 Å². The highest BCUT2D eigenvalue weighted by atomic mass is 16.6. The van der Waals surface area contributed by atoms with Gasteiger partial charge in [-0.1, -0.05) is 18.2 Å². The molecule has 2 aromatic rings. The van der Waals surface area contributed by atoms with E-state index in [1.165, 1.54) is 0 Å². The van der Waals surface area contributed by atoms with Crippen molar-refractivity contribution in [1.82, 2.24) is 0 Å². The van der Waals surface area contributed by atoms with Crippen molar-refractivity contribution >= 4 is 11.6 Å². The highest BCUT2D eigenvalue weighted by Gasteiger charge is 2.20. The molecule has 108 valence electrons. The third kappa shape index (κ3) is 2.83. The fraction of sp³-hybridized carbons (Fsp3) is 0.188. The summed E-state index contributed by atoms with van der Waals surface area (Å²) in [6.07, 6.45) is 0. The van der Waals surface area contributed by atoms with Crippen molar-refractivity contribution in [1.29, 1.82) is 0 Å². The van der Waals surface area contributed by atoms with Gasteiger partial charge in [-0.2, -0.15) is 0 Å². The van der Waals surface area contributed by atoms with Crippen LogP contribution >= 0.6 is 0 Å². The van der Waals surface area contributed by atoms with E-state index in [0.29, 0.717) is 36.0 Å². The number of carbonyl (C=O) groups excluding carboxylic acids is 1. The van der Waals surface area contributed by atoms with Crippen LogP contribution in [0, 0.1) is 0 Å². The maximum atomic E-state index is 12.4. The number of aliphatic hydroxyl groups excluding tert-OH is 1. The molecule has 0 atom stereocenters. The Morgan fingerprint density at radius 3 is 2.81 bits per heavy atom. The van der Waals surface area contributed by atoms with Crippen LogP contribution in [0.2, 0.25) is 0 Å². The Bertz CT molecular complexity index is 669. The zero-order valence-electron chi connectivity index (χ0n) is 11.3. The minimum Gasteiger partial charge on any atom is -0.486 e. The van der Waals surface area contributed by atoms with Gasteiger partial charge in [-0.3, -0.25) is 4.79 Å². The second-order valence-corrected chi connectivity index (χ2v) is 4.64. The number of para-hydroxylation sites is 1. The molecule has 1 heterocycles. The van der Waals surface area contributed by atoms with Crippen molar-refractivity contribution in [2.24, 2.45) is 0 Å². The van der Waals surface area contributed by atoms with E-state index in [2.05, 4.69) is 5.32 Å². The smallest absolute Gasteiger partial charge is 0.259 e. The summed E-state index contributed by atoms with van der Waals surface area (Å²) < 4.78 is 11.0. The lowest BCUT2D eigenvalue weighted by atomic mass is 10.1. The molecule has 1 aliphatic heterocycles. The number of ether oxygens (including phenoxy) is 2. The Morgan fingerprint density at radius 2 is 1.95 bits per heavy atom. The predicted octanol–water partition coefficient (Wildman–Crippen LogP) is 2.20. The number of aliphatic hydroxyl groups is 1. The van der Waals surface area contributed by atoms with Crippen LogP contribution < -0.4 is 14.8 Å². The van der Waals surface area contributed by atoms with Gasteiger partial charge in [0.2, 0.25) is 0 Å². The first kappa shape index (κ1) is 13.5. The molecule has 0 radical (unpaired) electrons. The zero-order valence-corrected chi connectivity index (χ0v) is 11.3. The summed E-state index contributed by atoms with van der Waals surface area (Å²) in [5.74, 6) is 0.782. The summed E-state index contributed by atoms with van der Waals surface area (Å²) in [5, 5.41) is 11.9. The van der Waals surface area contributed by atoms with Gasteiger partial charge in [0.25, 0.3) is 5.91 Å². The average molecular weight is 285 g/mol. The predicted molar refractivity (Wildman–Crippen MR) is 77.8 cm³/mol. The number of hydrogen-bond acceptors (Lipinski definition) is 4. The molecule has 0 saturated carbocycles. The van der Waals surface area contributed by atoms with Gasteiger partial charge in [-0.15, -0.1) is 0 Å². The molecular formula is C16H15NO4. The molecule has 0 spiro atoms. The molecule has 2 N–H and O–H groups in total. The van der Waals surface area contributed by atoms with E-state index in [9.17, 15) is 4.79 Å². The number of nitrogens with one attached hydrogen (secondary N) is 1. The Hall–Kier alpha value is -2.53. The molecule has 0 bridgehead atoms. The third-order valence-electron chi connectivity index (χ3n) is 3.18. The first-order valence-corrected chi connectivity index (χ1v) is 6.67. The topological polar surface area (TPSA) is 67.8 Å². The Labute approximate surface area is 122 Å². The molecule has 1 amide bonds. The zero-order chi connectivity index (χ0) is 14.7. The van der Waals surface area contributed by atoms with Gasteiger partial charge in [0.1, 0.15) is 13.2 Å². The van der Waals surface area contributed by atoms with E-state index in [4.69, 9.17) is 14.6 Å². The van der Waals surface area contributed by atoms with Crippen LogP contribution in [0.5, 0.6) is 11.5 Å². The van der Waals surface area contributed by atoms with Crippen LogP contribution in [0.1, 0.15) is 15.9 Å². The third-order valence-corrected chi connectivity index (χ3v) is 3.18. The quantitative estimate of drug-likeness (QED) is 0.907. The van der Waals surface area contributed by atoms with Crippen molar-refractivity contribution in [2.45, 2.75) is 6.61 Å². The van der Waals surface area contributed by atoms with Crippen molar-refractivity contribution in [3.05, 3.63) is 53.6 Å². The van der Waals surface area contributed by atoms with Crippen molar-refractivity contribution in [3.8, 4) is 11.5 Å². The molecule has 5 nitrogen and oxygen atoms in total. The molecule has 2 aromatic carbocycles. The Kier molecular flexibility index (Phi) is 3.75. The molecule has 3 rings (SSSR count). The van der Waals surface area contributed by atoms with E-state index >= 15 is 0 Å². The van der Waals surface area contributed by atoms with Crippen molar-refractivity contribution in [3.63, 3.8) is 0 Å². The maximum Gasteiger partial charge on any atom is 0.259 e.